The number of allylic oxidation sites excluding steroid dienone is 5. The third kappa shape index (κ3) is 5.46. The van der Waals surface area contributed by atoms with Gasteiger partial charge in [0.2, 0.25) is 0 Å². The molecular weight excluding hydrogens is 290 g/mol. The van der Waals surface area contributed by atoms with E-state index in [0.29, 0.717) is 6.42 Å². The van der Waals surface area contributed by atoms with E-state index in [1.165, 1.54) is 19.3 Å². The van der Waals surface area contributed by atoms with Crippen molar-refractivity contribution in [3.63, 3.8) is 0 Å². The molecule has 0 nitrogen and oxygen atoms in total. The molecule has 1 aliphatic carbocycles. The van der Waals surface area contributed by atoms with Crippen molar-refractivity contribution in [1.29, 1.82) is 0 Å². The van der Waals surface area contributed by atoms with Gasteiger partial charge in [-0.2, -0.15) is 8.78 Å². The van der Waals surface area contributed by atoms with E-state index in [-0.39, 0.29) is 0 Å². The molecule has 124 valence electrons. The van der Waals surface area contributed by atoms with E-state index in [1.54, 1.807) is 0 Å². The molecule has 0 radical (unpaired) electrons. The molecule has 0 saturated heterocycles. The standard InChI is InChI=1S/C21H26F2/c1-2-3-4-5-9-14-21(17-20(22)23)15-12-19(13-16-21)18-10-7-6-8-11-18/h6-8,10-13,15,17H,2-5,9,14,16H2,1H3. The Balaban J connectivity index is 2.03. The Kier molecular flexibility index (Phi) is 6.76. The van der Waals surface area contributed by atoms with E-state index in [9.17, 15) is 8.78 Å². The fourth-order valence-corrected chi connectivity index (χ4v) is 3.18. The Morgan fingerprint density at radius 2 is 1.83 bits per heavy atom. The van der Waals surface area contributed by atoms with Crippen LogP contribution >= 0.6 is 0 Å². The zero-order valence-corrected chi connectivity index (χ0v) is 13.9. The van der Waals surface area contributed by atoms with Crippen LogP contribution in [0.4, 0.5) is 8.78 Å². The summed E-state index contributed by atoms with van der Waals surface area (Å²) in [5.74, 6) is 0. The summed E-state index contributed by atoms with van der Waals surface area (Å²) in [6.07, 6.45) is 12.9. The first kappa shape index (κ1) is 17.7. The second-order valence-corrected chi connectivity index (χ2v) is 6.39. The monoisotopic (exact) mass is 316 g/mol. The fourth-order valence-electron chi connectivity index (χ4n) is 3.18. The third-order valence-electron chi connectivity index (χ3n) is 4.55. The van der Waals surface area contributed by atoms with Crippen LogP contribution in [0, 0.1) is 5.41 Å². The van der Waals surface area contributed by atoms with Gasteiger partial charge in [0.25, 0.3) is 6.08 Å². The van der Waals surface area contributed by atoms with E-state index in [0.717, 1.165) is 36.5 Å². The lowest BCUT2D eigenvalue weighted by Crippen LogP contribution is -2.17. The highest BCUT2D eigenvalue weighted by molar-refractivity contribution is 5.75. The van der Waals surface area contributed by atoms with Crippen LogP contribution in [0.5, 0.6) is 0 Å². The molecular formula is C21H26F2. The number of unbranched alkanes of at least 4 members (excludes halogenated alkanes) is 4. The fraction of sp³-hybridized carbons (Fsp3) is 0.429. The number of benzene rings is 1. The molecule has 0 heterocycles. The van der Waals surface area contributed by atoms with Gasteiger partial charge >= 0.3 is 0 Å². The van der Waals surface area contributed by atoms with Gasteiger partial charge in [0.1, 0.15) is 0 Å². The third-order valence-corrected chi connectivity index (χ3v) is 4.55. The van der Waals surface area contributed by atoms with Gasteiger partial charge in [-0.25, -0.2) is 0 Å². The largest absolute Gasteiger partial charge is 0.267 e. The van der Waals surface area contributed by atoms with Gasteiger partial charge in [-0.3, -0.25) is 0 Å². The van der Waals surface area contributed by atoms with Crippen LogP contribution in [0.2, 0.25) is 0 Å². The van der Waals surface area contributed by atoms with Crippen molar-refractivity contribution in [2.45, 2.75) is 51.9 Å². The molecule has 1 unspecified atom stereocenters. The van der Waals surface area contributed by atoms with Gasteiger partial charge in [0, 0.05) is 5.41 Å². The minimum absolute atomic E-state index is 0.511. The van der Waals surface area contributed by atoms with Gasteiger partial charge in [0.15, 0.2) is 0 Å². The van der Waals surface area contributed by atoms with E-state index < -0.39 is 11.5 Å². The maximum absolute atomic E-state index is 12.9. The van der Waals surface area contributed by atoms with Crippen LogP contribution < -0.4 is 0 Å². The second-order valence-electron chi connectivity index (χ2n) is 6.39. The first-order chi connectivity index (χ1) is 11.2. The van der Waals surface area contributed by atoms with Crippen molar-refractivity contribution < 1.29 is 8.78 Å². The number of hydrogen-bond donors (Lipinski definition) is 0. The number of rotatable bonds is 8. The molecule has 0 aliphatic heterocycles. The first-order valence-electron chi connectivity index (χ1n) is 8.64. The van der Waals surface area contributed by atoms with E-state index >= 15 is 0 Å². The molecule has 0 fully saturated rings. The average molecular weight is 316 g/mol. The molecule has 0 saturated carbocycles. The smallest absolute Gasteiger partial charge is 0.174 e. The Morgan fingerprint density at radius 3 is 2.43 bits per heavy atom. The summed E-state index contributed by atoms with van der Waals surface area (Å²) >= 11 is 0. The highest BCUT2D eigenvalue weighted by Crippen LogP contribution is 2.40. The number of halogens is 2. The summed E-state index contributed by atoms with van der Waals surface area (Å²) in [7, 11) is 0. The summed E-state index contributed by atoms with van der Waals surface area (Å²) in [6, 6.07) is 10.1. The summed E-state index contributed by atoms with van der Waals surface area (Å²) in [6.45, 7) is 2.18. The molecule has 0 spiro atoms. The Bertz CT molecular complexity index is 565. The highest BCUT2D eigenvalue weighted by Gasteiger charge is 2.27. The lowest BCUT2D eigenvalue weighted by molar-refractivity contribution is 0.365. The van der Waals surface area contributed by atoms with Gasteiger partial charge in [-0.05, 0) is 30.1 Å². The van der Waals surface area contributed by atoms with Crippen molar-refractivity contribution in [3.8, 4) is 0 Å². The molecule has 0 bridgehead atoms. The van der Waals surface area contributed by atoms with Crippen molar-refractivity contribution in [2.24, 2.45) is 5.41 Å². The second kappa shape index (κ2) is 8.81. The van der Waals surface area contributed by atoms with Gasteiger partial charge in [-0.1, -0.05) is 87.6 Å². The minimum Gasteiger partial charge on any atom is -0.174 e. The van der Waals surface area contributed by atoms with Crippen molar-refractivity contribution in [3.05, 3.63) is 66.3 Å². The normalized spacial score (nSPS) is 20.2. The SMILES string of the molecule is CCCCCCCC1(C=C(F)F)C=CC(c2ccccc2)=CC1. The zero-order chi connectivity index (χ0) is 16.5. The molecule has 2 rings (SSSR count). The maximum atomic E-state index is 12.9. The minimum atomic E-state index is -1.57. The molecule has 1 aliphatic rings. The Hall–Kier alpha value is -1.70. The van der Waals surface area contributed by atoms with Gasteiger partial charge < -0.3 is 0 Å². The number of hydrogen-bond acceptors (Lipinski definition) is 0. The lowest BCUT2D eigenvalue weighted by atomic mass is 9.75. The molecule has 0 aromatic heterocycles. The molecule has 0 N–H and O–H groups in total. The summed E-state index contributed by atoms with van der Waals surface area (Å²) < 4.78 is 25.8. The summed E-state index contributed by atoms with van der Waals surface area (Å²) in [5.41, 5.74) is 1.76. The van der Waals surface area contributed by atoms with Crippen LogP contribution in [0.15, 0.2) is 60.7 Å². The van der Waals surface area contributed by atoms with Gasteiger partial charge in [0.05, 0.1) is 0 Å². The molecule has 0 amide bonds. The summed E-state index contributed by atoms with van der Waals surface area (Å²) in [4.78, 5) is 0. The Labute approximate surface area is 138 Å². The highest BCUT2D eigenvalue weighted by atomic mass is 19.3. The van der Waals surface area contributed by atoms with Gasteiger partial charge in [-0.15, -0.1) is 0 Å². The van der Waals surface area contributed by atoms with Crippen LogP contribution in [0.25, 0.3) is 5.57 Å². The Morgan fingerprint density at radius 1 is 1.09 bits per heavy atom. The molecule has 1 atom stereocenters. The zero-order valence-electron chi connectivity index (χ0n) is 13.9. The molecule has 1 aromatic rings. The predicted molar refractivity (Wildman–Crippen MR) is 94.3 cm³/mol. The molecule has 2 heteroatoms. The molecule has 1 aromatic carbocycles. The van der Waals surface area contributed by atoms with Crippen LogP contribution in [0.1, 0.15) is 57.4 Å². The predicted octanol–water partition coefficient (Wildman–Crippen LogP) is 7.16. The van der Waals surface area contributed by atoms with E-state index in [1.807, 2.05) is 30.4 Å². The van der Waals surface area contributed by atoms with Crippen molar-refractivity contribution in [2.75, 3.05) is 0 Å². The first-order valence-corrected chi connectivity index (χ1v) is 8.64. The van der Waals surface area contributed by atoms with Crippen LogP contribution in [-0.2, 0) is 0 Å². The maximum Gasteiger partial charge on any atom is 0.267 e. The molecule has 23 heavy (non-hydrogen) atoms. The topological polar surface area (TPSA) is 0 Å². The average Bonchev–Trinajstić information content (AvgIpc) is 2.56. The van der Waals surface area contributed by atoms with Crippen LogP contribution in [0.3, 0.4) is 0 Å². The van der Waals surface area contributed by atoms with Crippen molar-refractivity contribution in [1.82, 2.24) is 0 Å². The van der Waals surface area contributed by atoms with E-state index in [2.05, 4.69) is 25.1 Å². The lowest BCUT2D eigenvalue weighted by Gasteiger charge is -2.29. The van der Waals surface area contributed by atoms with Crippen molar-refractivity contribution >= 4 is 5.57 Å². The summed E-state index contributed by atoms with van der Waals surface area (Å²) in [5, 5.41) is 0. The van der Waals surface area contributed by atoms with Crippen LogP contribution in [-0.4, -0.2) is 0 Å². The quantitative estimate of drug-likeness (QED) is 0.446. The van der Waals surface area contributed by atoms with E-state index in [4.69, 9.17) is 0 Å².